The summed E-state index contributed by atoms with van der Waals surface area (Å²) in [7, 11) is 0. The molecule has 1 aromatic heterocycles. The first-order chi connectivity index (χ1) is 7.18. The lowest BCUT2D eigenvalue weighted by Gasteiger charge is -2.10. The number of aryl methyl sites for hydroxylation is 1. The van der Waals surface area contributed by atoms with Gasteiger partial charge in [0.2, 0.25) is 0 Å². The summed E-state index contributed by atoms with van der Waals surface area (Å²) in [6, 6.07) is 4.39. The van der Waals surface area contributed by atoms with Gasteiger partial charge in [0.15, 0.2) is 0 Å². The molecule has 0 aliphatic rings. The topological polar surface area (TPSA) is 33.1 Å². The second-order valence-electron chi connectivity index (χ2n) is 3.27. The molecule has 1 heterocycles. The lowest BCUT2D eigenvalue weighted by atomic mass is 10.0. The maximum absolute atomic E-state index is 13.0. The molecule has 4 heteroatoms. The van der Waals surface area contributed by atoms with Crippen molar-refractivity contribution in [2.24, 2.45) is 0 Å². The van der Waals surface area contributed by atoms with Gasteiger partial charge in [-0.2, -0.15) is 0 Å². The number of hydrogen-bond acceptors (Lipinski definition) is 3. The van der Waals surface area contributed by atoms with E-state index in [2.05, 4.69) is 4.98 Å². The summed E-state index contributed by atoms with van der Waals surface area (Å²) in [6.45, 7) is 1.84. The van der Waals surface area contributed by atoms with Crippen LogP contribution in [0.5, 0.6) is 0 Å². The molecule has 0 amide bonds. The van der Waals surface area contributed by atoms with E-state index in [0.29, 0.717) is 10.6 Å². The van der Waals surface area contributed by atoms with Crippen LogP contribution in [0.2, 0.25) is 0 Å². The zero-order chi connectivity index (χ0) is 10.8. The van der Waals surface area contributed by atoms with Crippen molar-refractivity contribution < 1.29 is 9.50 Å². The average molecular weight is 223 g/mol. The Morgan fingerprint density at radius 2 is 2.27 bits per heavy atom. The van der Waals surface area contributed by atoms with Gasteiger partial charge in [-0.1, -0.05) is 6.07 Å². The summed E-state index contributed by atoms with van der Waals surface area (Å²) >= 11 is 1.36. The standard InChI is InChI=1S/C11H10FNOS/c1-7-2-3-8(12)6-9(7)10(14)11-13-4-5-15-11/h2-6,10,14H,1H3. The van der Waals surface area contributed by atoms with Gasteiger partial charge in [0, 0.05) is 11.6 Å². The molecule has 1 atom stereocenters. The Morgan fingerprint density at radius 1 is 1.47 bits per heavy atom. The van der Waals surface area contributed by atoms with E-state index in [1.165, 1.54) is 23.5 Å². The monoisotopic (exact) mass is 223 g/mol. The molecule has 0 saturated carbocycles. The first-order valence-corrected chi connectivity index (χ1v) is 5.40. The molecule has 0 aliphatic carbocycles. The van der Waals surface area contributed by atoms with E-state index in [0.717, 1.165) is 5.56 Å². The molecule has 2 rings (SSSR count). The third kappa shape index (κ3) is 2.06. The molecule has 0 radical (unpaired) electrons. The Bertz CT molecular complexity index is 456. The van der Waals surface area contributed by atoms with Crippen LogP contribution in [0.4, 0.5) is 4.39 Å². The fourth-order valence-corrected chi connectivity index (χ4v) is 2.05. The van der Waals surface area contributed by atoms with Gasteiger partial charge in [-0.05, 0) is 30.2 Å². The minimum Gasteiger partial charge on any atom is -0.381 e. The van der Waals surface area contributed by atoms with E-state index in [1.807, 2.05) is 6.92 Å². The molecule has 78 valence electrons. The average Bonchev–Trinajstić information content (AvgIpc) is 2.74. The van der Waals surface area contributed by atoms with Crippen molar-refractivity contribution in [2.75, 3.05) is 0 Å². The summed E-state index contributed by atoms with van der Waals surface area (Å²) in [5, 5.41) is 12.3. The molecule has 15 heavy (non-hydrogen) atoms. The highest BCUT2D eigenvalue weighted by Gasteiger charge is 2.15. The zero-order valence-corrected chi connectivity index (χ0v) is 8.96. The van der Waals surface area contributed by atoms with Crippen molar-refractivity contribution in [3.8, 4) is 0 Å². The molecule has 1 N–H and O–H groups in total. The normalized spacial score (nSPS) is 12.7. The highest BCUT2D eigenvalue weighted by atomic mass is 32.1. The number of halogens is 1. The molecular weight excluding hydrogens is 213 g/mol. The number of nitrogens with zero attached hydrogens (tertiary/aromatic N) is 1. The summed E-state index contributed by atoms with van der Waals surface area (Å²) in [6.07, 6.45) is 0.790. The van der Waals surface area contributed by atoms with Crippen LogP contribution in [-0.4, -0.2) is 10.1 Å². The van der Waals surface area contributed by atoms with Gasteiger partial charge < -0.3 is 5.11 Å². The van der Waals surface area contributed by atoms with Crippen LogP contribution in [0.1, 0.15) is 22.2 Å². The van der Waals surface area contributed by atoms with Crippen molar-refractivity contribution in [3.05, 3.63) is 51.7 Å². The summed E-state index contributed by atoms with van der Waals surface area (Å²) in [4.78, 5) is 4.01. The molecular formula is C11H10FNOS. The lowest BCUT2D eigenvalue weighted by molar-refractivity contribution is 0.218. The Hall–Kier alpha value is -1.26. The maximum Gasteiger partial charge on any atom is 0.131 e. The van der Waals surface area contributed by atoms with Crippen LogP contribution in [0.25, 0.3) is 0 Å². The lowest BCUT2D eigenvalue weighted by Crippen LogP contribution is -2.01. The van der Waals surface area contributed by atoms with Crippen LogP contribution in [0, 0.1) is 12.7 Å². The van der Waals surface area contributed by atoms with Crippen LogP contribution in [0.15, 0.2) is 29.8 Å². The molecule has 0 fully saturated rings. The quantitative estimate of drug-likeness (QED) is 0.849. The molecule has 1 aromatic carbocycles. The summed E-state index contributed by atoms with van der Waals surface area (Å²) in [5.41, 5.74) is 1.43. The third-order valence-corrected chi connectivity index (χ3v) is 3.05. The molecule has 0 bridgehead atoms. The Kier molecular flexibility index (Phi) is 2.79. The van der Waals surface area contributed by atoms with Gasteiger partial charge in [0.25, 0.3) is 0 Å². The number of aliphatic hydroxyl groups excluding tert-OH is 1. The number of aliphatic hydroxyl groups is 1. The van der Waals surface area contributed by atoms with Crippen molar-refractivity contribution in [2.45, 2.75) is 13.0 Å². The molecule has 2 aromatic rings. The summed E-state index contributed by atoms with van der Waals surface area (Å²) < 4.78 is 13.0. The van der Waals surface area contributed by atoms with Crippen molar-refractivity contribution in [3.63, 3.8) is 0 Å². The number of hydrogen-bond donors (Lipinski definition) is 1. The van der Waals surface area contributed by atoms with Gasteiger partial charge in [-0.15, -0.1) is 11.3 Å². The Balaban J connectivity index is 2.41. The third-order valence-electron chi connectivity index (χ3n) is 2.22. The zero-order valence-electron chi connectivity index (χ0n) is 8.14. The predicted molar refractivity (Wildman–Crippen MR) is 57.3 cm³/mol. The number of aromatic nitrogens is 1. The highest BCUT2D eigenvalue weighted by molar-refractivity contribution is 7.09. The van der Waals surface area contributed by atoms with Gasteiger partial charge >= 0.3 is 0 Å². The second kappa shape index (κ2) is 4.08. The van der Waals surface area contributed by atoms with E-state index >= 15 is 0 Å². The van der Waals surface area contributed by atoms with Gasteiger partial charge in [-0.3, -0.25) is 0 Å². The van der Waals surface area contributed by atoms with Crippen molar-refractivity contribution in [1.82, 2.24) is 4.98 Å². The predicted octanol–water partition coefficient (Wildman–Crippen LogP) is 2.67. The van der Waals surface area contributed by atoms with Crippen LogP contribution >= 0.6 is 11.3 Å². The fourth-order valence-electron chi connectivity index (χ4n) is 1.41. The first-order valence-electron chi connectivity index (χ1n) is 4.52. The molecule has 1 unspecified atom stereocenters. The second-order valence-corrected chi connectivity index (χ2v) is 4.20. The molecule has 2 nitrogen and oxygen atoms in total. The van der Waals surface area contributed by atoms with E-state index in [4.69, 9.17) is 0 Å². The molecule has 0 spiro atoms. The SMILES string of the molecule is Cc1ccc(F)cc1C(O)c1nccs1. The molecule has 0 aliphatic heterocycles. The number of rotatable bonds is 2. The van der Waals surface area contributed by atoms with Gasteiger partial charge in [0.05, 0.1) is 0 Å². The fraction of sp³-hybridized carbons (Fsp3) is 0.182. The minimum absolute atomic E-state index is 0.341. The van der Waals surface area contributed by atoms with E-state index < -0.39 is 6.10 Å². The van der Waals surface area contributed by atoms with Crippen molar-refractivity contribution in [1.29, 1.82) is 0 Å². The molecule has 0 saturated heterocycles. The number of benzene rings is 1. The van der Waals surface area contributed by atoms with Crippen molar-refractivity contribution >= 4 is 11.3 Å². The minimum atomic E-state index is -0.833. The van der Waals surface area contributed by atoms with Crippen LogP contribution in [-0.2, 0) is 0 Å². The maximum atomic E-state index is 13.0. The smallest absolute Gasteiger partial charge is 0.131 e. The number of thiazole rings is 1. The van der Waals surface area contributed by atoms with Crippen LogP contribution < -0.4 is 0 Å². The van der Waals surface area contributed by atoms with Gasteiger partial charge in [-0.25, -0.2) is 9.37 Å². The Morgan fingerprint density at radius 3 is 2.93 bits per heavy atom. The highest BCUT2D eigenvalue weighted by Crippen LogP contribution is 2.26. The van der Waals surface area contributed by atoms with Gasteiger partial charge in [0.1, 0.15) is 16.9 Å². The largest absolute Gasteiger partial charge is 0.381 e. The Labute approximate surface area is 91.0 Å². The van der Waals surface area contributed by atoms with E-state index in [-0.39, 0.29) is 5.82 Å². The van der Waals surface area contributed by atoms with E-state index in [9.17, 15) is 9.50 Å². The summed E-state index contributed by atoms with van der Waals surface area (Å²) in [5.74, 6) is -0.341. The van der Waals surface area contributed by atoms with Crippen LogP contribution in [0.3, 0.4) is 0 Å². The van der Waals surface area contributed by atoms with E-state index in [1.54, 1.807) is 17.6 Å². The first kappa shape index (κ1) is 10.3.